The summed E-state index contributed by atoms with van der Waals surface area (Å²) in [5, 5.41) is 14.2. The smallest absolute Gasteiger partial charge is 0.191 e. The van der Waals surface area contributed by atoms with Crippen LogP contribution in [-0.2, 0) is 13.6 Å². The van der Waals surface area contributed by atoms with Gasteiger partial charge in [0.15, 0.2) is 11.8 Å². The summed E-state index contributed by atoms with van der Waals surface area (Å²) in [5.41, 5.74) is 0. The van der Waals surface area contributed by atoms with Crippen molar-refractivity contribution >= 4 is 29.9 Å². The Labute approximate surface area is 164 Å². The van der Waals surface area contributed by atoms with Gasteiger partial charge in [0.05, 0.1) is 6.54 Å². The van der Waals surface area contributed by atoms with Crippen LogP contribution in [0.1, 0.15) is 19.7 Å². The largest absolute Gasteiger partial charge is 0.489 e. The minimum atomic E-state index is -0.314. The van der Waals surface area contributed by atoms with Crippen molar-refractivity contribution in [3.05, 3.63) is 42.2 Å². The molecule has 0 amide bonds. The molecule has 2 rings (SSSR count). The fraction of sp³-hybridized carbons (Fsp3) is 0.438. The van der Waals surface area contributed by atoms with Crippen molar-refractivity contribution in [2.45, 2.75) is 26.5 Å². The van der Waals surface area contributed by atoms with Gasteiger partial charge in [0.25, 0.3) is 0 Å². The number of rotatable bonds is 7. The second-order valence-electron chi connectivity index (χ2n) is 5.32. The lowest BCUT2D eigenvalue weighted by Crippen LogP contribution is -2.41. The minimum Gasteiger partial charge on any atom is -0.489 e. The van der Waals surface area contributed by atoms with Crippen molar-refractivity contribution in [1.82, 2.24) is 25.4 Å². The molecule has 1 unspecified atom stereocenters. The van der Waals surface area contributed by atoms with Crippen LogP contribution in [0.15, 0.2) is 35.6 Å². The van der Waals surface area contributed by atoms with E-state index in [2.05, 4.69) is 25.8 Å². The van der Waals surface area contributed by atoms with Gasteiger partial charge in [0.2, 0.25) is 0 Å². The van der Waals surface area contributed by atoms with Gasteiger partial charge in [-0.2, -0.15) is 0 Å². The molecular weight excluding hydrogens is 438 g/mol. The zero-order valence-electron chi connectivity index (χ0n) is 14.6. The molecule has 25 heavy (non-hydrogen) atoms. The van der Waals surface area contributed by atoms with Gasteiger partial charge in [0, 0.05) is 19.7 Å². The molecule has 0 aliphatic rings. The zero-order chi connectivity index (χ0) is 17.4. The topological polar surface area (TPSA) is 76.4 Å². The number of aryl methyl sites for hydroxylation is 1. The number of nitrogens with one attached hydrogen (secondary N) is 2. The molecular formula is C16H24FIN6O. The lowest BCUT2D eigenvalue weighted by molar-refractivity contribution is 0.223. The number of halogens is 2. The average Bonchev–Trinajstić information content (AvgIpc) is 2.95. The maximum Gasteiger partial charge on any atom is 0.191 e. The number of benzene rings is 1. The summed E-state index contributed by atoms with van der Waals surface area (Å²) in [4.78, 5) is 4.47. The van der Waals surface area contributed by atoms with Crippen LogP contribution >= 0.6 is 24.0 Å². The number of hydrogen-bond donors (Lipinski definition) is 2. The van der Waals surface area contributed by atoms with Crippen molar-refractivity contribution in [1.29, 1.82) is 0 Å². The highest BCUT2D eigenvalue weighted by atomic mass is 127. The Morgan fingerprint density at radius 1 is 1.40 bits per heavy atom. The molecule has 2 aromatic rings. The van der Waals surface area contributed by atoms with Crippen molar-refractivity contribution in [2.75, 3.05) is 13.1 Å². The van der Waals surface area contributed by atoms with E-state index in [0.29, 0.717) is 24.8 Å². The van der Waals surface area contributed by atoms with Crippen LogP contribution in [0.2, 0.25) is 0 Å². The number of nitrogens with zero attached hydrogens (tertiary/aromatic N) is 4. The Balaban J connectivity index is 0.00000312. The monoisotopic (exact) mass is 462 g/mol. The molecule has 1 aromatic heterocycles. The number of ether oxygens (including phenoxy) is 1. The number of guanidine groups is 1. The normalized spacial score (nSPS) is 12.2. The summed E-state index contributed by atoms with van der Waals surface area (Å²) in [6.07, 6.45) is 1.49. The second-order valence-corrected chi connectivity index (χ2v) is 5.32. The maximum absolute atomic E-state index is 13.2. The van der Waals surface area contributed by atoms with Gasteiger partial charge in [-0.15, -0.1) is 34.2 Å². The molecule has 138 valence electrons. The maximum atomic E-state index is 13.2. The van der Waals surface area contributed by atoms with Gasteiger partial charge in [-0.25, -0.2) is 9.38 Å². The number of hydrogen-bond acceptors (Lipinski definition) is 4. The summed E-state index contributed by atoms with van der Waals surface area (Å²) < 4.78 is 20.7. The van der Waals surface area contributed by atoms with Crippen LogP contribution in [-0.4, -0.2) is 39.9 Å². The Morgan fingerprint density at radius 3 is 2.84 bits per heavy atom. The van der Waals surface area contributed by atoms with E-state index in [0.717, 1.165) is 12.4 Å². The SMILES string of the molecule is CCNC(=NCc1nncn1C)NCC(C)Oc1cccc(F)c1.I. The van der Waals surface area contributed by atoms with E-state index in [4.69, 9.17) is 4.74 Å². The summed E-state index contributed by atoms with van der Waals surface area (Å²) in [6, 6.07) is 6.10. The van der Waals surface area contributed by atoms with E-state index >= 15 is 0 Å². The Hall–Kier alpha value is -1.91. The molecule has 9 heteroatoms. The molecule has 0 aliphatic heterocycles. The van der Waals surface area contributed by atoms with Crippen LogP contribution in [0.4, 0.5) is 4.39 Å². The first kappa shape index (κ1) is 21.1. The molecule has 1 aromatic carbocycles. The molecule has 0 saturated heterocycles. The van der Waals surface area contributed by atoms with Gasteiger partial charge >= 0.3 is 0 Å². The predicted molar refractivity (Wildman–Crippen MR) is 106 cm³/mol. The van der Waals surface area contributed by atoms with Crippen LogP contribution < -0.4 is 15.4 Å². The molecule has 0 saturated carbocycles. The fourth-order valence-corrected chi connectivity index (χ4v) is 2.00. The van der Waals surface area contributed by atoms with Crippen LogP contribution in [0.25, 0.3) is 0 Å². The van der Waals surface area contributed by atoms with Crippen LogP contribution in [0.3, 0.4) is 0 Å². The van der Waals surface area contributed by atoms with E-state index in [1.807, 2.05) is 25.5 Å². The Bertz CT molecular complexity index is 678. The lowest BCUT2D eigenvalue weighted by atomic mass is 10.3. The van der Waals surface area contributed by atoms with Crippen LogP contribution in [0.5, 0.6) is 5.75 Å². The third-order valence-electron chi connectivity index (χ3n) is 3.22. The Kier molecular flexibility index (Phi) is 9.17. The van der Waals surface area contributed by atoms with E-state index in [-0.39, 0.29) is 35.9 Å². The zero-order valence-corrected chi connectivity index (χ0v) is 16.9. The standard InChI is InChI=1S/C16H23FN6O.HI/c1-4-18-16(20-10-15-22-21-11-23(15)3)19-9-12(2)24-14-7-5-6-13(17)8-14;/h5-8,11-12H,4,9-10H2,1-3H3,(H2,18,19,20);1H. The van der Waals surface area contributed by atoms with Gasteiger partial charge in [0.1, 0.15) is 30.5 Å². The molecule has 1 atom stereocenters. The summed E-state index contributed by atoms with van der Waals surface area (Å²) >= 11 is 0. The minimum absolute atomic E-state index is 0. The van der Waals surface area contributed by atoms with Gasteiger partial charge in [-0.3, -0.25) is 0 Å². The summed E-state index contributed by atoms with van der Waals surface area (Å²) in [5.74, 6) is 1.63. The van der Waals surface area contributed by atoms with Gasteiger partial charge in [-0.1, -0.05) is 6.07 Å². The first-order valence-electron chi connectivity index (χ1n) is 7.85. The molecule has 7 nitrogen and oxygen atoms in total. The Morgan fingerprint density at radius 2 is 2.20 bits per heavy atom. The summed E-state index contributed by atoms with van der Waals surface area (Å²) in [6.45, 7) is 5.59. The van der Waals surface area contributed by atoms with Crippen molar-refractivity contribution in [2.24, 2.45) is 12.0 Å². The highest BCUT2D eigenvalue weighted by molar-refractivity contribution is 14.0. The second kappa shape index (κ2) is 10.9. The molecule has 0 bridgehead atoms. The third-order valence-corrected chi connectivity index (χ3v) is 3.22. The van der Waals surface area contributed by atoms with E-state index in [1.54, 1.807) is 18.5 Å². The molecule has 2 N–H and O–H groups in total. The highest BCUT2D eigenvalue weighted by Crippen LogP contribution is 2.13. The first-order valence-corrected chi connectivity index (χ1v) is 7.85. The van der Waals surface area contributed by atoms with E-state index in [9.17, 15) is 4.39 Å². The summed E-state index contributed by atoms with van der Waals surface area (Å²) in [7, 11) is 1.88. The lowest BCUT2D eigenvalue weighted by Gasteiger charge is -2.17. The predicted octanol–water partition coefficient (Wildman–Crippen LogP) is 2.09. The number of aromatic nitrogens is 3. The van der Waals surface area contributed by atoms with Crippen molar-refractivity contribution in [3.8, 4) is 5.75 Å². The van der Waals surface area contributed by atoms with Crippen molar-refractivity contribution in [3.63, 3.8) is 0 Å². The average molecular weight is 462 g/mol. The van der Waals surface area contributed by atoms with Gasteiger partial charge in [-0.05, 0) is 26.0 Å². The first-order chi connectivity index (χ1) is 11.6. The third kappa shape index (κ3) is 7.24. The quantitative estimate of drug-likeness (QED) is 0.375. The fourth-order valence-electron chi connectivity index (χ4n) is 2.00. The molecule has 0 spiro atoms. The van der Waals surface area contributed by atoms with E-state index in [1.165, 1.54) is 12.1 Å². The molecule has 0 aliphatic carbocycles. The highest BCUT2D eigenvalue weighted by Gasteiger charge is 2.07. The van der Waals surface area contributed by atoms with E-state index < -0.39 is 0 Å². The van der Waals surface area contributed by atoms with Crippen LogP contribution in [0, 0.1) is 5.82 Å². The number of aliphatic imine (C=N–C) groups is 1. The van der Waals surface area contributed by atoms with Crippen molar-refractivity contribution < 1.29 is 9.13 Å². The molecule has 0 fully saturated rings. The molecule has 0 radical (unpaired) electrons. The molecule has 1 heterocycles. The van der Waals surface area contributed by atoms with Gasteiger partial charge < -0.3 is 19.9 Å².